The SMILES string of the molecule is CNC(=O)[C@@H]([C@H](O)[C@H](C)Cc1nc2ccccc2[nH]1)N(C)C. The van der Waals surface area contributed by atoms with Crippen LogP contribution in [0.2, 0.25) is 0 Å². The molecule has 1 aromatic carbocycles. The number of rotatable bonds is 6. The first-order chi connectivity index (χ1) is 10.4. The normalized spacial score (nSPS) is 15.7. The molecule has 3 atom stereocenters. The molecule has 0 spiro atoms. The maximum Gasteiger partial charge on any atom is 0.239 e. The molecule has 2 rings (SSSR count). The van der Waals surface area contributed by atoms with Crippen LogP contribution < -0.4 is 5.32 Å². The third-order valence-corrected chi connectivity index (χ3v) is 3.93. The van der Waals surface area contributed by atoms with Crippen LogP contribution in [0.3, 0.4) is 0 Å². The van der Waals surface area contributed by atoms with Crippen molar-refractivity contribution in [2.24, 2.45) is 5.92 Å². The van der Waals surface area contributed by atoms with Gasteiger partial charge in [-0.15, -0.1) is 0 Å². The van der Waals surface area contributed by atoms with Gasteiger partial charge in [0.15, 0.2) is 0 Å². The molecule has 6 heteroatoms. The van der Waals surface area contributed by atoms with Crippen molar-refractivity contribution in [2.45, 2.75) is 25.5 Å². The first-order valence-electron chi connectivity index (χ1n) is 7.43. The summed E-state index contributed by atoms with van der Waals surface area (Å²) in [5.74, 6) is 0.529. The van der Waals surface area contributed by atoms with Gasteiger partial charge in [0, 0.05) is 13.5 Å². The predicted molar refractivity (Wildman–Crippen MR) is 86.5 cm³/mol. The van der Waals surface area contributed by atoms with Crippen molar-refractivity contribution in [2.75, 3.05) is 21.1 Å². The van der Waals surface area contributed by atoms with Crippen LogP contribution in [0.5, 0.6) is 0 Å². The minimum absolute atomic E-state index is 0.106. The number of amides is 1. The molecule has 0 aliphatic heterocycles. The number of aliphatic hydroxyl groups is 1. The molecule has 0 bridgehead atoms. The Morgan fingerprint density at radius 1 is 1.41 bits per heavy atom. The number of para-hydroxylation sites is 2. The number of H-pyrrole nitrogens is 1. The molecule has 0 fully saturated rings. The van der Waals surface area contributed by atoms with Crippen molar-refractivity contribution in [3.05, 3.63) is 30.1 Å². The van der Waals surface area contributed by atoms with E-state index in [1.54, 1.807) is 26.0 Å². The highest BCUT2D eigenvalue weighted by atomic mass is 16.3. The van der Waals surface area contributed by atoms with E-state index in [0.717, 1.165) is 16.9 Å². The van der Waals surface area contributed by atoms with E-state index in [1.807, 2.05) is 31.2 Å². The molecule has 0 radical (unpaired) electrons. The Hall–Kier alpha value is -1.92. The summed E-state index contributed by atoms with van der Waals surface area (Å²) in [4.78, 5) is 21.5. The zero-order chi connectivity index (χ0) is 16.3. The number of aromatic nitrogens is 2. The van der Waals surface area contributed by atoms with Crippen molar-refractivity contribution in [1.29, 1.82) is 0 Å². The molecule has 0 saturated carbocycles. The minimum atomic E-state index is -0.775. The van der Waals surface area contributed by atoms with Crippen LogP contribution in [0.1, 0.15) is 12.7 Å². The Kier molecular flexibility index (Phi) is 5.15. The third kappa shape index (κ3) is 3.45. The zero-order valence-electron chi connectivity index (χ0n) is 13.5. The number of imidazole rings is 1. The first-order valence-corrected chi connectivity index (χ1v) is 7.43. The van der Waals surface area contributed by atoms with E-state index in [9.17, 15) is 9.90 Å². The van der Waals surface area contributed by atoms with E-state index < -0.39 is 12.1 Å². The summed E-state index contributed by atoms with van der Waals surface area (Å²) in [6.07, 6.45) is -0.194. The van der Waals surface area contributed by atoms with Gasteiger partial charge in [0.05, 0.1) is 17.1 Å². The van der Waals surface area contributed by atoms with E-state index in [1.165, 1.54) is 0 Å². The molecular weight excluding hydrogens is 280 g/mol. The van der Waals surface area contributed by atoms with Gasteiger partial charge >= 0.3 is 0 Å². The molecule has 2 aromatic rings. The minimum Gasteiger partial charge on any atom is -0.391 e. The van der Waals surface area contributed by atoms with Crippen LogP contribution in [0.15, 0.2) is 24.3 Å². The highest BCUT2D eigenvalue weighted by Crippen LogP contribution is 2.18. The molecule has 0 saturated heterocycles. The number of carbonyl (C=O) groups excluding carboxylic acids is 1. The average molecular weight is 304 g/mol. The van der Waals surface area contributed by atoms with Gasteiger partial charge in [-0.2, -0.15) is 0 Å². The Morgan fingerprint density at radius 2 is 2.09 bits per heavy atom. The van der Waals surface area contributed by atoms with Gasteiger partial charge in [-0.25, -0.2) is 4.98 Å². The van der Waals surface area contributed by atoms with E-state index in [-0.39, 0.29) is 11.8 Å². The van der Waals surface area contributed by atoms with Crippen LogP contribution >= 0.6 is 0 Å². The van der Waals surface area contributed by atoms with Crippen molar-refractivity contribution in [1.82, 2.24) is 20.2 Å². The predicted octanol–water partition coefficient (Wildman–Crippen LogP) is 0.779. The second kappa shape index (κ2) is 6.89. The number of likely N-dealkylation sites (N-methyl/N-ethyl adjacent to an activating group) is 2. The smallest absolute Gasteiger partial charge is 0.239 e. The van der Waals surface area contributed by atoms with Crippen LogP contribution in [-0.2, 0) is 11.2 Å². The van der Waals surface area contributed by atoms with Gasteiger partial charge in [-0.1, -0.05) is 19.1 Å². The second-order valence-electron chi connectivity index (χ2n) is 5.90. The molecule has 0 aliphatic rings. The van der Waals surface area contributed by atoms with Crippen molar-refractivity contribution in [3.63, 3.8) is 0 Å². The number of fused-ring (bicyclic) bond motifs is 1. The van der Waals surface area contributed by atoms with Crippen molar-refractivity contribution < 1.29 is 9.90 Å². The fourth-order valence-electron chi connectivity index (χ4n) is 2.68. The lowest BCUT2D eigenvalue weighted by atomic mass is 9.93. The molecule has 6 nitrogen and oxygen atoms in total. The van der Waals surface area contributed by atoms with Crippen LogP contribution in [0.25, 0.3) is 11.0 Å². The van der Waals surface area contributed by atoms with E-state index >= 15 is 0 Å². The highest BCUT2D eigenvalue weighted by molar-refractivity contribution is 5.82. The van der Waals surface area contributed by atoms with E-state index in [2.05, 4.69) is 15.3 Å². The molecule has 3 N–H and O–H groups in total. The topological polar surface area (TPSA) is 81.2 Å². The number of nitrogens with one attached hydrogen (secondary N) is 2. The fraction of sp³-hybridized carbons (Fsp3) is 0.500. The van der Waals surface area contributed by atoms with Gasteiger partial charge in [0.25, 0.3) is 0 Å². The monoisotopic (exact) mass is 304 g/mol. The largest absolute Gasteiger partial charge is 0.391 e. The summed E-state index contributed by atoms with van der Waals surface area (Å²) in [5, 5.41) is 13.1. The molecule has 120 valence electrons. The number of carbonyl (C=O) groups is 1. The van der Waals surface area contributed by atoms with Crippen LogP contribution in [-0.4, -0.2) is 59.2 Å². The molecule has 0 aliphatic carbocycles. The number of hydrogen-bond donors (Lipinski definition) is 3. The number of aromatic amines is 1. The second-order valence-corrected chi connectivity index (χ2v) is 5.90. The summed E-state index contributed by atoms with van der Waals surface area (Å²) < 4.78 is 0. The summed E-state index contributed by atoms with van der Waals surface area (Å²) in [5.41, 5.74) is 1.89. The Bertz CT molecular complexity index is 605. The summed E-state index contributed by atoms with van der Waals surface area (Å²) in [6.45, 7) is 1.93. The molecule has 0 unspecified atom stereocenters. The van der Waals surface area contributed by atoms with Crippen molar-refractivity contribution in [3.8, 4) is 0 Å². The lowest BCUT2D eigenvalue weighted by molar-refractivity contribution is -0.130. The van der Waals surface area contributed by atoms with Crippen LogP contribution in [0, 0.1) is 5.92 Å². The van der Waals surface area contributed by atoms with E-state index in [0.29, 0.717) is 6.42 Å². The van der Waals surface area contributed by atoms with Gasteiger partial charge in [-0.05, 0) is 32.1 Å². The molecule has 22 heavy (non-hydrogen) atoms. The standard InChI is InChI=1S/C16H24N4O2/c1-10(15(21)14(20(3)4)16(22)17-2)9-13-18-11-7-5-6-8-12(11)19-13/h5-8,10,14-15,21H,9H2,1-4H3,(H,17,22)(H,18,19)/t10-,14-,15-/m1/s1. The number of aliphatic hydroxyl groups excluding tert-OH is 1. The van der Waals surface area contributed by atoms with Gasteiger partial charge in [0.2, 0.25) is 5.91 Å². The summed E-state index contributed by atoms with van der Waals surface area (Å²) >= 11 is 0. The highest BCUT2D eigenvalue weighted by Gasteiger charge is 2.32. The van der Waals surface area contributed by atoms with Gasteiger partial charge in [0.1, 0.15) is 11.9 Å². The maximum absolute atomic E-state index is 12.0. The average Bonchev–Trinajstić information content (AvgIpc) is 2.88. The maximum atomic E-state index is 12.0. The Morgan fingerprint density at radius 3 is 2.68 bits per heavy atom. The van der Waals surface area contributed by atoms with Gasteiger partial charge in [-0.3, -0.25) is 9.69 Å². The molecule has 1 aromatic heterocycles. The van der Waals surface area contributed by atoms with Gasteiger partial charge < -0.3 is 15.4 Å². The zero-order valence-corrected chi connectivity index (χ0v) is 13.5. The lowest BCUT2D eigenvalue weighted by Gasteiger charge is -2.30. The lowest BCUT2D eigenvalue weighted by Crippen LogP contribution is -2.52. The Balaban J connectivity index is 2.12. The number of hydrogen-bond acceptors (Lipinski definition) is 4. The van der Waals surface area contributed by atoms with Crippen LogP contribution in [0.4, 0.5) is 0 Å². The quantitative estimate of drug-likeness (QED) is 0.736. The van der Waals surface area contributed by atoms with E-state index in [4.69, 9.17) is 0 Å². The molecule has 1 heterocycles. The summed E-state index contributed by atoms with van der Waals surface area (Å²) in [6, 6.07) is 7.24. The number of benzene rings is 1. The third-order valence-electron chi connectivity index (χ3n) is 3.93. The molecule has 1 amide bonds. The summed E-state index contributed by atoms with van der Waals surface area (Å²) in [7, 11) is 5.16. The number of nitrogens with zero attached hydrogens (tertiary/aromatic N) is 2. The fourth-order valence-corrected chi connectivity index (χ4v) is 2.68. The molecular formula is C16H24N4O2. The first kappa shape index (κ1) is 16.5. The van der Waals surface area contributed by atoms with Crippen molar-refractivity contribution >= 4 is 16.9 Å². The Labute approximate surface area is 130 Å².